The standard InChI is InChI=1S/C28H27N3O3/c1-2-3-5-10-19-15-16-25(32)24(17-19)30-31-26-22-14-9-8-11-20(22)18-23(27(26)33)28(34)29-21-12-6-4-7-13-21/h4,6-9,11-18,32-33H,2-3,5,10H2,1H3,(H,29,34). The van der Waals surface area contributed by atoms with Gasteiger partial charge in [0.25, 0.3) is 5.91 Å². The molecule has 0 spiro atoms. The molecule has 4 aromatic carbocycles. The molecular weight excluding hydrogens is 426 g/mol. The van der Waals surface area contributed by atoms with Crippen LogP contribution in [0.25, 0.3) is 10.8 Å². The van der Waals surface area contributed by atoms with Gasteiger partial charge in [0.05, 0.1) is 5.56 Å². The van der Waals surface area contributed by atoms with Crippen LogP contribution in [0.15, 0.2) is 89.1 Å². The average Bonchev–Trinajstić information content (AvgIpc) is 2.85. The van der Waals surface area contributed by atoms with E-state index in [0.29, 0.717) is 16.8 Å². The first kappa shape index (κ1) is 23.0. The van der Waals surface area contributed by atoms with Crippen molar-refractivity contribution in [2.45, 2.75) is 32.6 Å². The molecule has 1 amide bonds. The first-order chi connectivity index (χ1) is 16.6. The van der Waals surface area contributed by atoms with Gasteiger partial charge in [0, 0.05) is 11.1 Å². The molecule has 0 aromatic heterocycles. The number of fused-ring (bicyclic) bond motifs is 1. The first-order valence-corrected chi connectivity index (χ1v) is 11.4. The largest absolute Gasteiger partial charge is 0.506 e. The van der Waals surface area contributed by atoms with Crippen molar-refractivity contribution >= 4 is 33.7 Å². The fourth-order valence-electron chi connectivity index (χ4n) is 3.80. The Balaban J connectivity index is 1.71. The molecule has 6 nitrogen and oxygen atoms in total. The van der Waals surface area contributed by atoms with Crippen molar-refractivity contribution < 1.29 is 15.0 Å². The van der Waals surface area contributed by atoms with E-state index in [-0.39, 0.29) is 22.7 Å². The molecule has 0 unspecified atom stereocenters. The van der Waals surface area contributed by atoms with Crippen molar-refractivity contribution in [2.75, 3.05) is 5.32 Å². The molecule has 6 heteroatoms. The molecule has 0 atom stereocenters. The average molecular weight is 454 g/mol. The van der Waals surface area contributed by atoms with Gasteiger partial charge in [-0.25, -0.2) is 0 Å². The molecule has 0 bridgehead atoms. The number of nitrogens with zero attached hydrogens (tertiary/aromatic N) is 2. The number of aromatic hydroxyl groups is 2. The molecule has 0 saturated carbocycles. The normalized spacial score (nSPS) is 11.2. The summed E-state index contributed by atoms with van der Waals surface area (Å²) in [6.07, 6.45) is 4.21. The van der Waals surface area contributed by atoms with Crippen LogP contribution in [0.1, 0.15) is 42.1 Å². The van der Waals surface area contributed by atoms with Gasteiger partial charge in [0.1, 0.15) is 17.1 Å². The fraction of sp³-hybridized carbons (Fsp3) is 0.179. The second-order valence-corrected chi connectivity index (χ2v) is 8.14. The summed E-state index contributed by atoms with van der Waals surface area (Å²) in [5.41, 5.74) is 2.26. The van der Waals surface area contributed by atoms with Crippen molar-refractivity contribution in [2.24, 2.45) is 10.2 Å². The number of carbonyl (C=O) groups excluding carboxylic acids is 1. The number of nitrogens with one attached hydrogen (secondary N) is 1. The van der Waals surface area contributed by atoms with E-state index >= 15 is 0 Å². The van der Waals surface area contributed by atoms with Crippen molar-refractivity contribution in [3.8, 4) is 11.5 Å². The topological polar surface area (TPSA) is 94.3 Å². The number of benzene rings is 4. The number of amides is 1. The van der Waals surface area contributed by atoms with E-state index in [9.17, 15) is 15.0 Å². The van der Waals surface area contributed by atoms with Gasteiger partial charge in [-0.05, 0) is 54.1 Å². The van der Waals surface area contributed by atoms with Crippen LogP contribution in [0.4, 0.5) is 17.1 Å². The van der Waals surface area contributed by atoms with E-state index in [4.69, 9.17) is 0 Å². The second-order valence-electron chi connectivity index (χ2n) is 8.14. The first-order valence-electron chi connectivity index (χ1n) is 11.4. The van der Waals surface area contributed by atoms with E-state index in [1.807, 2.05) is 48.5 Å². The third kappa shape index (κ3) is 5.23. The summed E-state index contributed by atoms with van der Waals surface area (Å²) in [6.45, 7) is 2.15. The quantitative estimate of drug-likeness (QED) is 0.189. The predicted molar refractivity (Wildman–Crippen MR) is 136 cm³/mol. The lowest BCUT2D eigenvalue weighted by Crippen LogP contribution is -2.12. The van der Waals surface area contributed by atoms with Gasteiger partial charge in [-0.3, -0.25) is 4.79 Å². The lowest BCUT2D eigenvalue weighted by molar-refractivity contribution is 0.102. The third-order valence-electron chi connectivity index (χ3n) is 5.64. The number of hydrogen-bond donors (Lipinski definition) is 3. The SMILES string of the molecule is CCCCCc1ccc(O)c(N=Nc2c(O)c(C(=O)Nc3ccccc3)cc3ccccc23)c1. The molecule has 4 rings (SSSR count). The number of rotatable bonds is 8. The Morgan fingerprint density at radius 1 is 0.882 bits per heavy atom. The number of azo groups is 1. The van der Waals surface area contributed by atoms with Crippen LogP contribution in [0.2, 0.25) is 0 Å². The Morgan fingerprint density at radius 2 is 1.65 bits per heavy atom. The number of carbonyl (C=O) groups is 1. The molecule has 0 heterocycles. The number of phenolic OH excluding ortho intramolecular Hbond substituents is 2. The van der Waals surface area contributed by atoms with E-state index in [1.54, 1.807) is 30.3 Å². The lowest BCUT2D eigenvalue weighted by atomic mass is 10.0. The Kier molecular flexibility index (Phi) is 7.18. The summed E-state index contributed by atoms with van der Waals surface area (Å²) in [4.78, 5) is 12.9. The highest BCUT2D eigenvalue weighted by molar-refractivity contribution is 6.11. The summed E-state index contributed by atoms with van der Waals surface area (Å²) < 4.78 is 0. The highest BCUT2D eigenvalue weighted by Crippen LogP contribution is 2.40. The van der Waals surface area contributed by atoms with Gasteiger partial charge in [-0.15, -0.1) is 10.2 Å². The summed E-state index contributed by atoms with van der Waals surface area (Å²) in [5, 5.41) is 34.0. The molecule has 0 saturated heterocycles. The van der Waals surface area contributed by atoms with Crippen molar-refractivity contribution in [3.05, 3.63) is 90.0 Å². The predicted octanol–water partition coefficient (Wildman–Crippen LogP) is 7.65. The van der Waals surface area contributed by atoms with Crippen LogP contribution in [0.3, 0.4) is 0 Å². The van der Waals surface area contributed by atoms with Crippen LogP contribution in [-0.4, -0.2) is 16.1 Å². The zero-order valence-corrected chi connectivity index (χ0v) is 19.0. The highest BCUT2D eigenvalue weighted by Gasteiger charge is 2.18. The molecule has 0 fully saturated rings. The van der Waals surface area contributed by atoms with E-state index in [2.05, 4.69) is 22.5 Å². The Labute approximate surface area is 198 Å². The van der Waals surface area contributed by atoms with Crippen LogP contribution in [0.5, 0.6) is 11.5 Å². The fourth-order valence-corrected chi connectivity index (χ4v) is 3.80. The summed E-state index contributed by atoms with van der Waals surface area (Å²) in [6, 6.07) is 23.3. The monoisotopic (exact) mass is 453 g/mol. The zero-order chi connectivity index (χ0) is 23.9. The molecule has 0 aliphatic heterocycles. The summed E-state index contributed by atoms with van der Waals surface area (Å²) >= 11 is 0. The number of aryl methyl sites for hydroxylation is 1. The van der Waals surface area contributed by atoms with Gasteiger partial charge < -0.3 is 15.5 Å². The Morgan fingerprint density at radius 3 is 2.44 bits per heavy atom. The molecule has 0 radical (unpaired) electrons. The minimum atomic E-state index is -0.452. The lowest BCUT2D eigenvalue weighted by Gasteiger charge is -2.11. The summed E-state index contributed by atoms with van der Waals surface area (Å²) in [7, 11) is 0. The molecule has 172 valence electrons. The van der Waals surface area contributed by atoms with Gasteiger partial charge in [-0.2, -0.15) is 0 Å². The zero-order valence-electron chi connectivity index (χ0n) is 19.0. The number of anilines is 1. The van der Waals surface area contributed by atoms with E-state index in [0.717, 1.165) is 36.6 Å². The van der Waals surface area contributed by atoms with E-state index in [1.165, 1.54) is 0 Å². The minimum Gasteiger partial charge on any atom is -0.506 e. The highest BCUT2D eigenvalue weighted by atomic mass is 16.3. The van der Waals surface area contributed by atoms with Crippen LogP contribution < -0.4 is 5.32 Å². The number of unbranched alkanes of at least 4 members (excludes halogenated alkanes) is 2. The summed E-state index contributed by atoms with van der Waals surface area (Å²) in [5.74, 6) is -0.717. The molecular formula is C28H27N3O3. The van der Waals surface area contributed by atoms with Gasteiger partial charge >= 0.3 is 0 Å². The maximum Gasteiger partial charge on any atom is 0.259 e. The van der Waals surface area contributed by atoms with Gasteiger partial charge in [0.2, 0.25) is 0 Å². The van der Waals surface area contributed by atoms with Crippen LogP contribution >= 0.6 is 0 Å². The second kappa shape index (κ2) is 10.6. The van der Waals surface area contributed by atoms with Crippen molar-refractivity contribution in [3.63, 3.8) is 0 Å². The number of phenols is 2. The van der Waals surface area contributed by atoms with Crippen LogP contribution in [-0.2, 0) is 6.42 Å². The van der Waals surface area contributed by atoms with Crippen molar-refractivity contribution in [1.82, 2.24) is 0 Å². The molecule has 0 aliphatic carbocycles. The smallest absolute Gasteiger partial charge is 0.259 e. The maximum absolute atomic E-state index is 12.9. The van der Waals surface area contributed by atoms with Gasteiger partial charge in [0.15, 0.2) is 5.75 Å². The van der Waals surface area contributed by atoms with Gasteiger partial charge in [-0.1, -0.05) is 68.3 Å². The molecule has 34 heavy (non-hydrogen) atoms. The van der Waals surface area contributed by atoms with Crippen molar-refractivity contribution in [1.29, 1.82) is 0 Å². The molecule has 4 aromatic rings. The number of hydrogen-bond acceptors (Lipinski definition) is 5. The Hall–Kier alpha value is -4.19. The van der Waals surface area contributed by atoms with Crippen LogP contribution in [0, 0.1) is 0 Å². The minimum absolute atomic E-state index is 0.00441. The Bertz CT molecular complexity index is 1330. The van der Waals surface area contributed by atoms with E-state index < -0.39 is 5.91 Å². The molecule has 3 N–H and O–H groups in total. The molecule has 0 aliphatic rings. The third-order valence-corrected chi connectivity index (χ3v) is 5.64. The maximum atomic E-state index is 12.9. The number of para-hydroxylation sites is 1.